The highest BCUT2D eigenvalue weighted by Gasteiger charge is 2.28. The molecule has 2 unspecified atom stereocenters. The molecule has 0 radical (unpaired) electrons. The molecule has 1 nitrogen and oxygen atoms in total. The van der Waals surface area contributed by atoms with Gasteiger partial charge in [-0.05, 0) is 54.1 Å². The third-order valence-corrected chi connectivity index (χ3v) is 4.73. The van der Waals surface area contributed by atoms with E-state index < -0.39 is 0 Å². The van der Waals surface area contributed by atoms with E-state index in [2.05, 4.69) is 76.7 Å². The first kappa shape index (κ1) is 13.8. The van der Waals surface area contributed by atoms with Crippen molar-refractivity contribution in [2.24, 2.45) is 0 Å². The Balaban J connectivity index is 1.74. The van der Waals surface area contributed by atoms with Crippen molar-refractivity contribution in [3.05, 3.63) is 69.7 Å². The van der Waals surface area contributed by atoms with Gasteiger partial charge in [-0.1, -0.05) is 59.3 Å². The van der Waals surface area contributed by atoms with Crippen molar-refractivity contribution in [1.29, 1.82) is 0 Å². The highest BCUT2D eigenvalue weighted by molar-refractivity contribution is 9.10. The molecule has 2 aromatic rings. The predicted octanol–water partition coefficient (Wildman–Crippen LogP) is 4.83. The van der Waals surface area contributed by atoms with E-state index in [1.807, 2.05) is 0 Å². The molecule has 1 aliphatic carbocycles. The van der Waals surface area contributed by atoms with Crippen LogP contribution in [0.4, 0.5) is 0 Å². The van der Waals surface area contributed by atoms with Gasteiger partial charge < -0.3 is 5.32 Å². The van der Waals surface area contributed by atoms with Crippen LogP contribution in [0.2, 0.25) is 0 Å². The minimum absolute atomic E-state index is 0.450. The molecule has 0 bridgehead atoms. The van der Waals surface area contributed by atoms with Gasteiger partial charge in [0.2, 0.25) is 0 Å². The maximum absolute atomic E-state index is 3.63. The zero-order chi connectivity index (χ0) is 13.9. The Kier molecular flexibility index (Phi) is 4.23. The molecule has 1 aliphatic rings. The van der Waals surface area contributed by atoms with Gasteiger partial charge in [0, 0.05) is 10.5 Å². The third-order valence-electron chi connectivity index (χ3n) is 4.20. The molecule has 0 heterocycles. The lowest BCUT2D eigenvalue weighted by Crippen LogP contribution is -2.27. The Labute approximate surface area is 129 Å². The molecule has 0 amide bonds. The van der Waals surface area contributed by atoms with Crippen LogP contribution in [0.5, 0.6) is 0 Å². The van der Waals surface area contributed by atoms with Crippen molar-refractivity contribution in [2.45, 2.75) is 31.7 Å². The van der Waals surface area contributed by atoms with Crippen molar-refractivity contribution < 1.29 is 0 Å². The highest BCUT2D eigenvalue weighted by atomic mass is 79.9. The fourth-order valence-electron chi connectivity index (χ4n) is 3.14. The van der Waals surface area contributed by atoms with Gasteiger partial charge in [-0.2, -0.15) is 0 Å². The van der Waals surface area contributed by atoms with Gasteiger partial charge >= 0.3 is 0 Å². The zero-order valence-corrected chi connectivity index (χ0v) is 13.4. The van der Waals surface area contributed by atoms with Crippen LogP contribution in [0.25, 0.3) is 0 Å². The standard InChI is InChI=1S/C18H20BrN/c1-2-20-18(13-7-9-16(19)10-8-13)12-15-11-14-5-3-4-6-17(14)15/h3-10,15,18,20H,2,11-12H2,1H3. The largest absolute Gasteiger partial charge is 0.310 e. The normalized spacial score (nSPS) is 18.2. The van der Waals surface area contributed by atoms with E-state index in [1.54, 1.807) is 5.56 Å². The Morgan fingerprint density at radius 3 is 2.60 bits per heavy atom. The molecule has 0 fully saturated rings. The van der Waals surface area contributed by atoms with Gasteiger partial charge in [0.1, 0.15) is 0 Å². The Morgan fingerprint density at radius 1 is 1.15 bits per heavy atom. The lowest BCUT2D eigenvalue weighted by molar-refractivity contribution is 0.436. The molecular formula is C18H20BrN. The summed E-state index contributed by atoms with van der Waals surface area (Å²) in [5, 5.41) is 3.63. The van der Waals surface area contributed by atoms with Crippen LogP contribution in [-0.2, 0) is 6.42 Å². The Hall–Kier alpha value is -1.12. The summed E-state index contributed by atoms with van der Waals surface area (Å²) in [5.41, 5.74) is 4.47. The summed E-state index contributed by atoms with van der Waals surface area (Å²) in [5.74, 6) is 0.707. The number of hydrogen-bond donors (Lipinski definition) is 1. The number of benzene rings is 2. The van der Waals surface area contributed by atoms with Crippen LogP contribution in [-0.4, -0.2) is 6.54 Å². The summed E-state index contributed by atoms with van der Waals surface area (Å²) in [4.78, 5) is 0. The van der Waals surface area contributed by atoms with Crippen molar-refractivity contribution in [3.63, 3.8) is 0 Å². The second-order valence-electron chi connectivity index (χ2n) is 5.50. The number of hydrogen-bond acceptors (Lipinski definition) is 1. The van der Waals surface area contributed by atoms with Gasteiger partial charge in [0.25, 0.3) is 0 Å². The monoisotopic (exact) mass is 329 g/mol. The summed E-state index contributed by atoms with van der Waals surface area (Å²) in [6.07, 6.45) is 2.42. The van der Waals surface area contributed by atoms with Crippen LogP contribution in [0.1, 0.15) is 42.0 Å². The third kappa shape index (κ3) is 2.82. The Morgan fingerprint density at radius 2 is 1.90 bits per heavy atom. The maximum Gasteiger partial charge on any atom is 0.0326 e. The quantitative estimate of drug-likeness (QED) is 0.828. The molecule has 3 rings (SSSR count). The zero-order valence-electron chi connectivity index (χ0n) is 11.8. The maximum atomic E-state index is 3.63. The van der Waals surface area contributed by atoms with Crippen LogP contribution < -0.4 is 5.32 Å². The van der Waals surface area contributed by atoms with Gasteiger partial charge in [-0.25, -0.2) is 0 Å². The topological polar surface area (TPSA) is 12.0 Å². The first-order chi connectivity index (χ1) is 9.78. The molecule has 2 aromatic carbocycles. The highest BCUT2D eigenvalue weighted by Crippen LogP contribution is 2.40. The minimum atomic E-state index is 0.450. The summed E-state index contributed by atoms with van der Waals surface area (Å²) >= 11 is 3.51. The minimum Gasteiger partial charge on any atom is -0.310 e. The Bertz CT molecular complexity index is 576. The molecule has 2 atom stereocenters. The first-order valence-electron chi connectivity index (χ1n) is 7.34. The SMILES string of the molecule is CCNC(CC1Cc2ccccc21)c1ccc(Br)cc1. The smallest absolute Gasteiger partial charge is 0.0326 e. The number of fused-ring (bicyclic) bond motifs is 1. The molecule has 0 saturated heterocycles. The average Bonchev–Trinajstić information content (AvgIpc) is 2.44. The van der Waals surface area contributed by atoms with Gasteiger partial charge in [-0.3, -0.25) is 0 Å². The lowest BCUT2D eigenvalue weighted by atomic mass is 9.74. The molecule has 0 aromatic heterocycles. The average molecular weight is 330 g/mol. The molecule has 0 aliphatic heterocycles. The summed E-state index contributed by atoms with van der Waals surface area (Å²) < 4.78 is 1.14. The van der Waals surface area contributed by atoms with Gasteiger partial charge in [0.05, 0.1) is 0 Å². The molecule has 1 N–H and O–H groups in total. The van der Waals surface area contributed by atoms with E-state index in [0.717, 1.165) is 11.0 Å². The molecule has 0 spiro atoms. The second-order valence-corrected chi connectivity index (χ2v) is 6.41. The molecular weight excluding hydrogens is 310 g/mol. The van der Waals surface area contributed by atoms with Crippen LogP contribution in [0.3, 0.4) is 0 Å². The molecule has 2 heteroatoms. The second kappa shape index (κ2) is 6.11. The van der Waals surface area contributed by atoms with E-state index in [1.165, 1.54) is 24.0 Å². The number of halogens is 1. The van der Waals surface area contributed by atoms with E-state index in [-0.39, 0.29) is 0 Å². The molecule has 0 saturated carbocycles. The summed E-state index contributed by atoms with van der Waals surface area (Å²) in [7, 11) is 0. The van der Waals surface area contributed by atoms with Crippen LogP contribution in [0.15, 0.2) is 53.0 Å². The number of rotatable bonds is 5. The van der Waals surface area contributed by atoms with Crippen LogP contribution >= 0.6 is 15.9 Å². The number of nitrogens with one attached hydrogen (secondary N) is 1. The lowest BCUT2D eigenvalue weighted by Gasteiger charge is -2.33. The summed E-state index contributed by atoms with van der Waals surface area (Å²) in [6, 6.07) is 18.0. The van der Waals surface area contributed by atoms with Gasteiger partial charge in [-0.15, -0.1) is 0 Å². The predicted molar refractivity (Wildman–Crippen MR) is 88.1 cm³/mol. The summed E-state index contributed by atoms with van der Waals surface area (Å²) in [6.45, 7) is 3.19. The van der Waals surface area contributed by atoms with E-state index >= 15 is 0 Å². The van der Waals surface area contributed by atoms with E-state index in [4.69, 9.17) is 0 Å². The first-order valence-corrected chi connectivity index (χ1v) is 8.14. The van der Waals surface area contributed by atoms with E-state index in [0.29, 0.717) is 12.0 Å². The fraction of sp³-hybridized carbons (Fsp3) is 0.333. The van der Waals surface area contributed by atoms with Gasteiger partial charge in [0.15, 0.2) is 0 Å². The van der Waals surface area contributed by atoms with Crippen molar-refractivity contribution in [3.8, 4) is 0 Å². The van der Waals surface area contributed by atoms with Crippen molar-refractivity contribution in [1.82, 2.24) is 5.32 Å². The van der Waals surface area contributed by atoms with E-state index in [9.17, 15) is 0 Å². The molecule has 104 valence electrons. The fourth-order valence-corrected chi connectivity index (χ4v) is 3.40. The van der Waals surface area contributed by atoms with Crippen LogP contribution in [0, 0.1) is 0 Å². The molecule has 20 heavy (non-hydrogen) atoms. The van der Waals surface area contributed by atoms with Crippen molar-refractivity contribution in [2.75, 3.05) is 6.54 Å². The van der Waals surface area contributed by atoms with Crippen molar-refractivity contribution >= 4 is 15.9 Å².